The molecule has 0 fully saturated rings. The van der Waals surface area contributed by atoms with E-state index in [4.69, 9.17) is 14.2 Å². The molecule has 320 valence electrons. The van der Waals surface area contributed by atoms with Gasteiger partial charge in [-0.25, -0.2) is 0 Å². The summed E-state index contributed by atoms with van der Waals surface area (Å²) in [7, 11) is 0. The Morgan fingerprint density at radius 3 is 1.15 bits per heavy atom. The maximum absolute atomic E-state index is 12.7. The SMILES string of the molecule is CC/C=C\C/C=C\CCCCCCCCCC(=O)OCC(COC(=O)CCCCCCCCCCCCC)OC(=O)CCCCCCC/C=C\CCCCC. The maximum Gasteiger partial charge on any atom is 0.306 e. The summed E-state index contributed by atoms with van der Waals surface area (Å²) in [5.41, 5.74) is 0. The van der Waals surface area contributed by atoms with E-state index in [0.29, 0.717) is 19.3 Å². The zero-order chi connectivity index (χ0) is 40.1. The molecule has 0 aliphatic carbocycles. The lowest BCUT2D eigenvalue weighted by Crippen LogP contribution is -2.30. The van der Waals surface area contributed by atoms with Gasteiger partial charge in [-0.1, -0.05) is 186 Å². The van der Waals surface area contributed by atoms with Crippen LogP contribution in [-0.2, 0) is 28.6 Å². The van der Waals surface area contributed by atoms with Crippen LogP contribution in [0.3, 0.4) is 0 Å². The van der Waals surface area contributed by atoms with Crippen LogP contribution in [0, 0.1) is 0 Å². The zero-order valence-corrected chi connectivity index (χ0v) is 36.4. The molecule has 0 spiro atoms. The van der Waals surface area contributed by atoms with E-state index >= 15 is 0 Å². The molecule has 0 aromatic heterocycles. The number of allylic oxidation sites excluding steroid dienone is 6. The standard InChI is InChI=1S/C49H88O6/c1-4-7-10-13-16-19-22-24-25-28-30-33-36-39-42-48(51)54-45-46(44-53-47(50)41-38-35-32-29-26-21-18-15-12-9-6-3)55-49(52)43-40-37-34-31-27-23-20-17-14-11-8-5-2/h7,10,16-17,19-20,46H,4-6,8-9,11-15,18,21-45H2,1-3H3/b10-7-,19-16-,20-17-. The summed E-state index contributed by atoms with van der Waals surface area (Å²) >= 11 is 0. The fourth-order valence-electron chi connectivity index (χ4n) is 6.59. The molecule has 0 aliphatic heterocycles. The molecule has 0 N–H and O–H groups in total. The summed E-state index contributed by atoms with van der Waals surface area (Å²) in [6.45, 7) is 6.49. The number of ether oxygens (including phenoxy) is 3. The van der Waals surface area contributed by atoms with Gasteiger partial charge in [0.25, 0.3) is 0 Å². The Hall–Kier alpha value is -2.37. The van der Waals surface area contributed by atoms with Crippen LogP contribution in [0.25, 0.3) is 0 Å². The van der Waals surface area contributed by atoms with Gasteiger partial charge < -0.3 is 14.2 Å². The van der Waals surface area contributed by atoms with Crippen LogP contribution in [-0.4, -0.2) is 37.2 Å². The smallest absolute Gasteiger partial charge is 0.306 e. The number of carbonyl (C=O) groups excluding carboxylic acids is 3. The number of hydrogen-bond acceptors (Lipinski definition) is 6. The van der Waals surface area contributed by atoms with Gasteiger partial charge in [-0.2, -0.15) is 0 Å². The van der Waals surface area contributed by atoms with E-state index < -0.39 is 6.10 Å². The van der Waals surface area contributed by atoms with Crippen molar-refractivity contribution in [2.75, 3.05) is 13.2 Å². The van der Waals surface area contributed by atoms with Crippen LogP contribution >= 0.6 is 0 Å². The third kappa shape index (κ3) is 42.6. The molecular weight excluding hydrogens is 685 g/mol. The average molecular weight is 773 g/mol. The van der Waals surface area contributed by atoms with Crippen LogP contribution in [0.5, 0.6) is 0 Å². The van der Waals surface area contributed by atoms with Crippen molar-refractivity contribution in [3.8, 4) is 0 Å². The first-order chi connectivity index (χ1) is 27.0. The number of hydrogen-bond donors (Lipinski definition) is 0. The van der Waals surface area contributed by atoms with Crippen molar-refractivity contribution < 1.29 is 28.6 Å². The van der Waals surface area contributed by atoms with Gasteiger partial charge in [-0.15, -0.1) is 0 Å². The minimum atomic E-state index is -0.774. The predicted octanol–water partition coefficient (Wildman–Crippen LogP) is 15.0. The third-order valence-corrected chi connectivity index (χ3v) is 10.1. The van der Waals surface area contributed by atoms with E-state index in [0.717, 1.165) is 89.9 Å². The maximum atomic E-state index is 12.7. The molecule has 1 unspecified atom stereocenters. The summed E-state index contributed by atoms with van der Waals surface area (Å²) in [4.78, 5) is 37.7. The Labute approximate surface area is 340 Å². The van der Waals surface area contributed by atoms with Gasteiger partial charge in [0, 0.05) is 19.3 Å². The first-order valence-corrected chi connectivity index (χ1v) is 23.5. The Balaban J connectivity index is 4.37. The van der Waals surface area contributed by atoms with Crippen molar-refractivity contribution >= 4 is 17.9 Å². The minimum Gasteiger partial charge on any atom is -0.462 e. The van der Waals surface area contributed by atoms with E-state index in [2.05, 4.69) is 57.2 Å². The molecule has 0 aromatic carbocycles. The fourth-order valence-corrected chi connectivity index (χ4v) is 6.59. The second kappa shape index (κ2) is 44.3. The highest BCUT2D eigenvalue weighted by Crippen LogP contribution is 2.14. The lowest BCUT2D eigenvalue weighted by Gasteiger charge is -2.18. The largest absolute Gasteiger partial charge is 0.462 e. The molecule has 0 saturated carbocycles. The highest BCUT2D eigenvalue weighted by Gasteiger charge is 2.19. The van der Waals surface area contributed by atoms with Gasteiger partial charge in [-0.3, -0.25) is 14.4 Å². The fraction of sp³-hybridized carbons (Fsp3) is 0.816. The monoisotopic (exact) mass is 773 g/mol. The van der Waals surface area contributed by atoms with E-state index in [1.165, 1.54) is 109 Å². The van der Waals surface area contributed by atoms with Crippen molar-refractivity contribution in [3.05, 3.63) is 36.5 Å². The molecule has 6 heteroatoms. The number of unbranched alkanes of at least 4 members (excludes halogenated alkanes) is 25. The van der Waals surface area contributed by atoms with Crippen LogP contribution < -0.4 is 0 Å². The molecule has 0 bridgehead atoms. The molecule has 1 atom stereocenters. The molecule has 0 rings (SSSR count). The highest BCUT2D eigenvalue weighted by molar-refractivity contribution is 5.71. The predicted molar refractivity (Wildman–Crippen MR) is 233 cm³/mol. The molecule has 0 saturated heterocycles. The lowest BCUT2D eigenvalue weighted by atomic mass is 10.1. The molecule has 0 aromatic rings. The quantitative estimate of drug-likeness (QED) is 0.0266. The van der Waals surface area contributed by atoms with Crippen LogP contribution in [0.2, 0.25) is 0 Å². The highest BCUT2D eigenvalue weighted by atomic mass is 16.6. The second-order valence-corrected chi connectivity index (χ2v) is 15.6. The van der Waals surface area contributed by atoms with Crippen LogP contribution in [0.15, 0.2) is 36.5 Å². The molecule has 0 radical (unpaired) electrons. The molecular formula is C49H88O6. The van der Waals surface area contributed by atoms with E-state index in [-0.39, 0.29) is 31.1 Å². The van der Waals surface area contributed by atoms with Gasteiger partial charge in [-0.05, 0) is 70.6 Å². The first kappa shape index (κ1) is 52.6. The minimum absolute atomic E-state index is 0.0758. The number of rotatable bonds is 42. The van der Waals surface area contributed by atoms with E-state index in [9.17, 15) is 14.4 Å². The summed E-state index contributed by atoms with van der Waals surface area (Å²) in [5.74, 6) is -0.891. The van der Waals surface area contributed by atoms with Gasteiger partial charge >= 0.3 is 17.9 Å². The van der Waals surface area contributed by atoms with Crippen molar-refractivity contribution in [2.24, 2.45) is 0 Å². The van der Waals surface area contributed by atoms with Gasteiger partial charge in [0.2, 0.25) is 0 Å². The molecule has 0 heterocycles. The summed E-state index contributed by atoms with van der Waals surface area (Å²) in [6.07, 6.45) is 49.8. The zero-order valence-electron chi connectivity index (χ0n) is 36.4. The van der Waals surface area contributed by atoms with Crippen molar-refractivity contribution in [1.82, 2.24) is 0 Å². The molecule has 6 nitrogen and oxygen atoms in total. The summed E-state index contributed by atoms with van der Waals surface area (Å²) < 4.78 is 16.7. The Kier molecular flexibility index (Phi) is 42.4. The normalized spacial score (nSPS) is 12.3. The molecule has 0 amide bonds. The number of carbonyl (C=O) groups is 3. The second-order valence-electron chi connectivity index (χ2n) is 15.6. The van der Waals surface area contributed by atoms with Crippen molar-refractivity contribution in [3.63, 3.8) is 0 Å². The van der Waals surface area contributed by atoms with Gasteiger partial charge in [0.1, 0.15) is 13.2 Å². The first-order valence-electron chi connectivity index (χ1n) is 23.5. The van der Waals surface area contributed by atoms with Crippen LogP contribution in [0.4, 0.5) is 0 Å². The summed E-state index contributed by atoms with van der Waals surface area (Å²) in [6, 6.07) is 0. The van der Waals surface area contributed by atoms with Crippen molar-refractivity contribution in [2.45, 2.75) is 245 Å². The van der Waals surface area contributed by atoms with E-state index in [1.54, 1.807) is 0 Å². The van der Waals surface area contributed by atoms with E-state index in [1.807, 2.05) is 0 Å². The van der Waals surface area contributed by atoms with Crippen LogP contribution in [0.1, 0.15) is 239 Å². The van der Waals surface area contributed by atoms with Gasteiger partial charge in [0.15, 0.2) is 6.10 Å². The lowest BCUT2D eigenvalue weighted by molar-refractivity contribution is -0.167. The third-order valence-electron chi connectivity index (χ3n) is 10.1. The Morgan fingerprint density at radius 1 is 0.382 bits per heavy atom. The Bertz CT molecular complexity index is 938. The molecule has 0 aliphatic rings. The number of esters is 3. The Morgan fingerprint density at radius 2 is 0.709 bits per heavy atom. The van der Waals surface area contributed by atoms with Crippen molar-refractivity contribution in [1.29, 1.82) is 0 Å². The summed E-state index contributed by atoms with van der Waals surface area (Å²) in [5, 5.41) is 0. The topological polar surface area (TPSA) is 78.9 Å². The molecule has 55 heavy (non-hydrogen) atoms. The average Bonchev–Trinajstić information content (AvgIpc) is 3.18. The van der Waals surface area contributed by atoms with Gasteiger partial charge in [0.05, 0.1) is 0 Å².